The number of hydrogen-bond donors (Lipinski definition) is 2. The van der Waals surface area contributed by atoms with Gasteiger partial charge in [0.25, 0.3) is 5.91 Å². The second-order valence-corrected chi connectivity index (χ2v) is 20.8. The maximum Gasteiger partial charge on any atom is 0.324 e. The van der Waals surface area contributed by atoms with Crippen LogP contribution in [0.2, 0.25) is 0 Å². The number of anilines is 1. The number of fused-ring (bicyclic) bond motifs is 8. The van der Waals surface area contributed by atoms with Gasteiger partial charge in [0.2, 0.25) is 5.91 Å². The third-order valence-corrected chi connectivity index (χ3v) is 15.8. The molecular formula is C48H60N8O7S. The Bertz CT molecular complexity index is 2480. The number of carbonyl (C=O) groups excluding carboxylic acids is 3. The van der Waals surface area contributed by atoms with Crippen LogP contribution in [0, 0.1) is 23.2 Å². The summed E-state index contributed by atoms with van der Waals surface area (Å²) in [6.07, 6.45) is 5.70. The number of methoxy groups -OCH3 is 1. The largest absolute Gasteiger partial charge is 0.464 e. The van der Waals surface area contributed by atoms with Crippen LogP contribution in [0.5, 0.6) is 0 Å². The van der Waals surface area contributed by atoms with Gasteiger partial charge in [-0.25, -0.2) is 10.4 Å². The number of cyclic esters (lactones) is 1. The Balaban J connectivity index is 1.03. The van der Waals surface area contributed by atoms with Gasteiger partial charge in [-0.15, -0.1) is 11.3 Å². The number of piperazine rings is 1. The predicted octanol–water partition coefficient (Wildman–Crippen LogP) is 4.54. The first kappa shape index (κ1) is 42.2. The lowest BCUT2D eigenvalue weighted by molar-refractivity contribution is -0.155. The first-order chi connectivity index (χ1) is 31.0. The molecule has 6 aliphatic heterocycles. The molecule has 1 saturated carbocycles. The number of nitrogens with one attached hydrogen (secondary N) is 2. The Morgan fingerprint density at radius 2 is 1.91 bits per heavy atom. The number of esters is 1. The van der Waals surface area contributed by atoms with Gasteiger partial charge in [-0.2, -0.15) is 0 Å². The number of rotatable bonds is 6. The molecule has 2 amide bonds. The zero-order valence-electron chi connectivity index (χ0n) is 37.4. The number of carbonyl (C=O) groups is 3. The van der Waals surface area contributed by atoms with Crippen molar-refractivity contribution in [1.82, 2.24) is 35.2 Å². The molecule has 11 rings (SSSR count). The smallest absolute Gasteiger partial charge is 0.324 e. The minimum absolute atomic E-state index is 0.117. The van der Waals surface area contributed by atoms with Crippen LogP contribution in [0.1, 0.15) is 68.0 Å². The second kappa shape index (κ2) is 16.8. The Hall–Kier alpha value is -4.45. The highest BCUT2D eigenvalue weighted by atomic mass is 32.1. The van der Waals surface area contributed by atoms with Crippen molar-refractivity contribution in [2.75, 3.05) is 77.8 Å². The number of aryl methyl sites for hydroxylation is 2. The summed E-state index contributed by atoms with van der Waals surface area (Å²) in [4.78, 5) is 57.4. The molecule has 3 aromatic heterocycles. The van der Waals surface area contributed by atoms with Crippen molar-refractivity contribution < 1.29 is 33.3 Å². The van der Waals surface area contributed by atoms with Crippen molar-refractivity contribution in [3.05, 3.63) is 51.6 Å². The van der Waals surface area contributed by atoms with Crippen LogP contribution in [0.3, 0.4) is 0 Å². The number of hydrogen-bond acceptors (Lipinski definition) is 13. The quantitative estimate of drug-likeness (QED) is 0.262. The molecule has 1 aliphatic carbocycles. The molecule has 0 radical (unpaired) electrons. The third kappa shape index (κ3) is 7.70. The van der Waals surface area contributed by atoms with Crippen molar-refractivity contribution in [2.24, 2.45) is 23.2 Å². The molecule has 2 N–H and O–H groups in total. The minimum Gasteiger partial charge on any atom is -0.464 e. The van der Waals surface area contributed by atoms with Gasteiger partial charge in [0.05, 0.1) is 84.7 Å². The minimum atomic E-state index is -0.853. The van der Waals surface area contributed by atoms with Crippen LogP contribution < -0.4 is 15.6 Å². The molecule has 4 aromatic rings. The van der Waals surface area contributed by atoms with Crippen LogP contribution in [0.4, 0.5) is 5.69 Å². The van der Waals surface area contributed by atoms with Gasteiger partial charge in [0.1, 0.15) is 12.1 Å². The molecule has 16 heteroatoms. The number of benzene rings is 1. The van der Waals surface area contributed by atoms with Gasteiger partial charge in [0.15, 0.2) is 0 Å². The number of hydrazine groups is 1. The van der Waals surface area contributed by atoms with Gasteiger partial charge < -0.3 is 33.7 Å². The van der Waals surface area contributed by atoms with Gasteiger partial charge in [-0.05, 0) is 80.2 Å². The molecule has 5 fully saturated rings. The van der Waals surface area contributed by atoms with E-state index in [0.29, 0.717) is 45.1 Å². The van der Waals surface area contributed by atoms with E-state index in [0.717, 1.165) is 103 Å². The van der Waals surface area contributed by atoms with Crippen LogP contribution >= 0.6 is 11.3 Å². The van der Waals surface area contributed by atoms with Gasteiger partial charge in [-0.3, -0.25) is 29.3 Å². The molecule has 64 heavy (non-hydrogen) atoms. The van der Waals surface area contributed by atoms with E-state index in [9.17, 15) is 14.4 Å². The summed E-state index contributed by atoms with van der Waals surface area (Å²) in [6.45, 7) is 14.3. The van der Waals surface area contributed by atoms with Crippen LogP contribution in [-0.2, 0) is 59.1 Å². The molecule has 1 unspecified atom stereocenters. The van der Waals surface area contributed by atoms with Crippen LogP contribution in [0.15, 0.2) is 29.8 Å². The van der Waals surface area contributed by atoms with Crippen LogP contribution in [0.25, 0.3) is 33.4 Å². The van der Waals surface area contributed by atoms with E-state index >= 15 is 0 Å². The lowest BCUT2D eigenvalue weighted by atomic mass is 9.84. The summed E-state index contributed by atoms with van der Waals surface area (Å²) in [5.74, 6) is -0.515. The summed E-state index contributed by atoms with van der Waals surface area (Å²) in [5.41, 5.74) is 12.5. The number of morpholine rings is 1. The second-order valence-electron chi connectivity index (χ2n) is 19.9. The molecule has 340 valence electrons. The molecule has 4 saturated heterocycles. The highest BCUT2D eigenvalue weighted by Crippen LogP contribution is 2.51. The SMILES string of the molecule is CO[C@@H](C)c1ncc(N2CCN3CCOC[C@@H]3C2)cc1-c1c2c3cc(cc4c3n1CCC4)-c1csc(n1)C[C@H](NC(=O)C1[C@H]3COC[C@@H]13)C(=O)N1CCC[C@H](N1)C(=O)OCC(C)(C)C2. The van der Waals surface area contributed by atoms with E-state index in [1.165, 1.54) is 33.0 Å². The van der Waals surface area contributed by atoms with E-state index in [2.05, 4.69) is 69.5 Å². The van der Waals surface area contributed by atoms with E-state index in [-0.39, 0.29) is 54.7 Å². The number of ether oxygens (including phenoxy) is 4. The Morgan fingerprint density at radius 3 is 2.75 bits per heavy atom. The average molecular weight is 893 g/mol. The van der Waals surface area contributed by atoms with E-state index in [1.54, 1.807) is 7.11 Å². The fraction of sp³-hybridized carbons (Fsp3) is 0.604. The summed E-state index contributed by atoms with van der Waals surface area (Å²) >= 11 is 1.51. The maximum absolute atomic E-state index is 14.4. The number of pyridine rings is 1. The van der Waals surface area contributed by atoms with Crippen molar-refractivity contribution in [3.8, 4) is 22.5 Å². The number of aromatic nitrogens is 3. The zero-order valence-corrected chi connectivity index (χ0v) is 38.2. The Labute approximate surface area is 378 Å². The van der Waals surface area contributed by atoms with E-state index in [1.807, 2.05) is 6.20 Å². The standard InChI is InChI=1S/C48H60N8O7S/c1-27(60-4)42-33(17-30(20-49-42)54-12-11-53-13-14-61-22-31(53)21-54)44-34-19-48(2,3)26-63-47(59)37-8-6-10-56(52-37)46(58)38(51-45(57)41-35-23-62-24-36(35)41)18-40-50-39(25-64-40)29-15-28-7-5-9-55(44)43(28)32(34)16-29/h15-17,20,25,27,31,35-38,41,52H,5-14,18-19,21-24,26H2,1-4H3,(H,51,57)/t27-,31-,35-,36+,37-,38-,41?/m0/s1. The summed E-state index contributed by atoms with van der Waals surface area (Å²) in [7, 11) is 1.74. The highest BCUT2D eigenvalue weighted by molar-refractivity contribution is 7.10. The van der Waals surface area contributed by atoms with E-state index < -0.39 is 17.5 Å². The third-order valence-electron chi connectivity index (χ3n) is 15.0. The molecule has 15 nitrogen and oxygen atoms in total. The van der Waals surface area contributed by atoms with Crippen molar-refractivity contribution in [2.45, 2.75) is 90.1 Å². The van der Waals surface area contributed by atoms with Crippen molar-refractivity contribution >= 4 is 45.7 Å². The fourth-order valence-electron chi connectivity index (χ4n) is 11.4. The molecule has 7 aliphatic rings. The normalized spacial score (nSPS) is 28.6. The zero-order chi connectivity index (χ0) is 43.9. The topological polar surface area (TPSA) is 153 Å². The number of thiazole rings is 1. The molecule has 1 aromatic carbocycles. The Kier molecular flexibility index (Phi) is 11.1. The predicted molar refractivity (Wildman–Crippen MR) is 242 cm³/mol. The Morgan fingerprint density at radius 1 is 1.05 bits per heavy atom. The van der Waals surface area contributed by atoms with Crippen molar-refractivity contribution in [1.29, 1.82) is 0 Å². The average Bonchev–Trinajstić information content (AvgIpc) is 3.64. The monoisotopic (exact) mass is 892 g/mol. The fourth-order valence-corrected chi connectivity index (χ4v) is 12.2. The molecular weight excluding hydrogens is 833 g/mol. The molecule has 9 heterocycles. The summed E-state index contributed by atoms with van der Waals surface area (Å²) in [5, 5.41) is 8.64. The van der Waals surface area contributed by atoms with Gasteiger partial charge >= 0.3 is 5.97 Å². The molecule has 0 spiro atoms. The van der Waals surface area contributed by atoms with E-state index in [4.69, 9.17) is 28.9 Å². The van der Waals surface area contributed by atoms with Crippen molar-refractivity contribution in [3.63, 3.8) is 0 Å². The first-order valence-electron chi connectivity index (χ1n) is 23.4. The highest BCUT2D eigenvalue weighted by Gasteiger charge is 2.58. The first-order valence-corrected chi connectivity index (χ1v) is 24.3. The molecule has 6 bridgehead atoms. The summed E-state index contributed by atoms with van der Waals surface area (Å²) < 4.78 is 26.3. The lowest BCUT2D eigenvalue weighted by Crippen LogP contribution is -2.60. The number of amides is 2. The summed E-state index contributed by atoms with van der Waals surface area (Å²) in [6, 6.07) is 5.72. The van der Waals surface area contributed by atoms with Gasteiger partial charge in [-0.1, -0.05) is 13.8 Å². The maximum atomic E-state index is 14.4. The molecule has 7 atom stereocenters. The number of nitrogens with zero attached hydrogens (tertiary/aromatic N) is 6. The van der Waals surface area contributed by atoms with Gasteiger partial charge in [0, 0.05) is 86.0 Å². The lowest BCUT2D eigenvalue weighted by Gasteiger charge is -2.44. The van der Waals surface area contributed by atoms with Crippen LogP contribution in [-0.4, -0.2) is 133 Å².